The Hall–Kier alpha value is -0.420. The molecule has 0 bridgehead atoms. The molecule has 0 aliphatic heterocycles. The first-order chi connectivity index (χ1) is 5.16. The van der Waals surface area contributed by atoms with Crippen LogP contribution in [0.15, 0.2) is 0 Å². The van der Waals surface area contributed by atoms with E-state index in [1.165, 1.54) is 0 Å². The summed E-state index contributed by atoms with van der Waals surface area (Å²) in [6.45, 7) is 2.16. The summed E-state index contributed by atoms with van der Waals surface area (Å²) in [7, 11) is 0. The molecule has 0 amide bonds. The van der Waals surface area contributed by atoms with E-state index in [0.717, 1.165) is 12.2 Å². The average Bonchev–Trinajstić information content (AvgIpc) is 1.86. The quantitative estimate of drug-likeness (QED) is 0.205. The Morgan fingerprint density at radius 1 is 1.82 bits per heavy atom. The Balaban J connectivity index is 3.22. The largest absolute Gasteiger partial charge is 0.396 e. The number of guanidine groups is 1. The Morgan fingerprint density at radius 2 is 2.45 bits per heavy atom. The van der Waals surface area contributed by atoms with Crippen LogP contribution in [0.1, 0.15) is 13.3 Å². The van der Waals surface area contributed by atoms with Crippen LogP contribution < -0.4 is 11.1 Å². The molecule has 66 valence electrons. The predicted octanol–water partition coefficient (Wildman–Crippen LogP) is -0.0689. The summed E-state index contributed by atoms with van der Waals surface area (Å²) >= 11 is 1.64. The molecule has 1 atom stereocenters. The van der Waals surface area contributed by atoms with Gasteiger partial charge in [0.2, 0.25) is 0 Å². The van der Waals surface area contributed by atoms with Gasteiger partial charge in [-0.3, -0.25) is 5.41 Å². The molecule has 0 rings (SSSR count). The lowest BCUT2D eigenvalue weighted by Crippen LogP contribution is -2.35. The lowest BCUT2D eigenvalue weighted by atomic mass is 10.5. The molecule has 0 aliphatic rings. The summed E-state index contributed by atoms with van der Waals surface area (Å²) in [4.78, 5) is 0. The van der Waals surface area contributed by atoms with Crippen LogP contribution in [0.3, 0.4) is 0 Å². The van der Waals surface area contributed by atoms with Crippen LogP contribution >= 0.6 is 11.8 Å². The van der Waals surface area contributed by atoms with Crippen molar-refractivity contribution in [3.63, 3.8) is 0 Å². The van der Waals surface area contributed by atoms with Gasteiger partial charge in [0.15, 0.2) is 5.96 Å². The maximum Gasteiger partial charge on any atom is 0.186 e. The molecule has 11 heavy (non-hydrogen) atoms. The molecule has 0 aromatic carbocycles. The number of aliphatic hydroxyl groups is 1. The molecule has 5 N–H and O–H groups in total. The maximum absolute atomic E-state index is 8.46. The van der Waals surface area contributed by atoms with Crippen molar-refractivity contribution in [3.8, 4) is 0 Å². The van der Waals surface area contributed by atoms with Gasteiger partial charge in [0.1, 0.15) is 0 Å². The van der Waals surface area contributed by atoms with E-state index in [2.05, 4.69) is 5.32 Å². The third kappa shape index (κ3) is 7.48. The summed E-state index contributed by atoms with van der Waals surface area (Å²) < 4.78 is 0. The fraction of sp³-hybridized carbons (Fsp3) is 0.833. The molecule has 0 fully saturated rings. The van der Waals surface area contributed by atoms with Crippen molar-refractivity contribution >= 4 is 17.7 Å². The van der Waals surface area contributed by atoms with Gasteiger partial charge in [-0.1, -0.05) is 0 Å². The van der Waals surface area contributed by atoms with Gasteiger partial charge >= 0.3 is 0 Å². The zero-order chi connectivity index (χ0) is 8.69. The van der Waals surface area contributed by atoms with Crippen molar-refractivity contribution in [3.05, 3.63) is 0 Å². The average molecular weight is 177 g/mol. The van der Waals surface area contributed by atoms with E-state index in [0.29, 0.717) is 0 Å². The number of nitrogens with one attached hydrogen (secondary N) is 2. The molecule has 5 heteroatoms. The molecule has 0 saturated heterocycles. The van der Waals surface area contributed by atoms with E-state index in [1.54, 1.807) is 11.8 Å². The van der Waals surface area contributed by atoms with Crippen molar-refractivity contribution in [1.29, 1.82) is 5.41 Å². The highest BCUT2D eigenvalue weighted by molar-refractivity contribution is 7.99. The van der Waals surface area contributed by atoms with Gasteiger partial charge in [-0.05, 0) is 19.1 Å². The highest BCUT2D eigenvalue weighted by Gasteiger charge is 2.00. The van der Waals surface area contributed by atoms with Gasteiger partial charge in [0, 0.05) is 6.61 Å². The fourth-order valence-corrected chi connectivity index (χ4v) is 1.44. The monoisotopic (exact) mass is 177 g/mol. The molecule has 4 nitrogen and oxygen atoms in total. The normalized spacial score (nSPS) is 12.5. The first-order valence-electron chi connectivity index (χ1n) is 3.50. The van der Waals surface area contributed by atoms with Gasteiger partial charge in [0.05, 0.1) is 5.37 Å². The van der Waals surface area contributed by atoms with E-state index in [-0.39, 0.29) is 17.9 Å². The molecule has 0 aromatic rings. The third-order valence-corrected chi connectivity index (χ3v) is 2.17. The molecule has 0 aliphatic carbocycles. The minimum atomic E-state index is -0.00556. The Bertz CT molecular complexity index is 120. The standard InChI is InChI=1S/C6H15N3OS/c1-5(9-6(7)8)11-4-2-3-10/h5,10H,2-4H2,1H3,(H4,7,8,9). The second-order valence-corrected chi connectivity index (χ2v) is 3.60. The van der Waals surface area contributed by atoms with E-state index in [1.807, 2.05) is 6.92 Å². The van der Waals surface area contributed by atoms with E-state index < -0.39 is 0 Å². The molecule has 0 aromatic heterocycles. The summed E-state index contributed by atoms with van der Waals surface area (Å²) in [5.41, 5.74) is 5.11. The van der Waals surface area contributed by atoms with Crippen molar-refractivity contribution in [2.24, 2.45) is 5.73 Å². The fourth-order valence-electron chi connectivity index (χ4n) is 0.585. The van der Waals surface area contributed by atoms with E-state index >= 15 is 0 Å². The number of rotatable bonds is 5. The maximum atomic E-state index is 8.46. The Morgan fingerprint density at radius 3 is 2.91 bits per heavy atom. The second kappa shape index (κ2) is 6.30. The number of hydrogen-bond donors (Lipinski definition) is 4. The van der Waals surface area contributed by atoms with Gasteiger partial charge in [-0.2, -0.15) is 0 Å². The number of hydrogen-bond acceptors (Lipinski definition) is 3. The van der Waals surface area contributed by atoms with Gasteiger partial charge < -0.3 is 16.2 Å². The van der Waals surface area contributed by atoms with Gasteiger partial charge in [-0.15, -0.1) is 11.8 Å². The highest BCUT2D eigenvalue weighted by Crippen LogP contribution is 2.07. The summed E-state index contributed by atoms with van der Waals surface area (Å²) in [5.74, 6) is 0.881. The molecule has 0 radical (unpaired) electrons. The van der Waals surface area contributed by atoms with Gasteiger partial charge in [0.25, 0.3) is 0 Å². The van der Waals surface area contributed by atoms with Crippen LogP contribution in [0.2, 0.25) is 0 Å². The van der Waals surface area contributed by atoms with Crippen molar-refractivity contribution in [2.75, 3.05) is 12.4 Å². The first-order valence-corrected chi connectivity index (χ1v) is 4.54. The molecule has 1 unspecified atom stereocenters. The predicted molar refractivity (Wildman–Crippen MR) is 48.7 cm³/mol. The minimum absolute atomic E-state index is 0.00556. The lowest BCUT2D eigenvalue weighted by Gasteiger charge is -2.11. The van der Waals surface area contributed by atoms with Crippen LogP contribution in [-0.4, -0.2) is 28.8 Å². The van der Waals surface area contributed by atoms with Crippen molar-refractivity contribution < 1.29 is 5.11 Å². The van der Waals surface area contributed by atoms with E-state index in [4.69, 9.17) is 16.2 Å². The van der Waals surface area contributed by atoms with Crippen LogP contribution in [-0.2, 0) is 0 Å². The van der Waals surface area contributed by atoms with Crippen molar-refractivity contribution in [2.45, 2.75) is 18.7 Å². The minimum Gasteiger partial charge on any atom is -0.396 e. The Labute approximate surface area is 71.1 Å². The highest BCUT2D eigenvalue weighted by atomic mass is 32.2. The third-order valence-electron chi connectivity index (χ3n) is 1.03. The number of aliphatic hydroxyl groups excluding tert-OH is 1. The van der Waals surface area contributed by atoms with Crippen LogP contribution in [0.5, 0.6) is 0 Å². The zero-order valence-electron chi connectivity index (χ0n) is 6.63. The van der Waals surface area contributed by atoms with Gasteiger partial charge in [-0.25, -0.2) is 0 Å². The summed E-state index contributed by atoms with van der Waals surface area (Å²) in [5, 5.41) is 18.3. The molecule has 0 saturated carbocycles. The molecular formula is C6H15N3OS. The molecule has 0 heterocycles. The second-order valence-electron chi connectivity index (χ2n) is 2.15. The Kier molecular flexibility index (Phi) is 6.06. The number of thioether (sulfide) groups is 1. The van der Waals surface area contributed by atoms with Crippen molar-refractivity contribution in [1.82, 2.24) is 5.32 Å². The van der Waals surface area contributed by atoms with Crippen LogP contribution in [0.25, 0.3) is 0 Å². The smallest absolute Gasteiger partial charge is 0.186 e. The van der Waals surface area contributed by atoms with E-state index in [9.17, 15) is 0 Å². The SMILES string of the molecule is CC(NC(=N)N)SCCCO. The molecule has 0 spiro atoms. The molecular weight excluding hydrogens is 162 g/mol. The number of nitrogens with two attached hydrogens (primary N) is 1. The first kappa shape index (κ1) is 10.6. The lowest BCUT2D eigenvalue weighted by molar-refractivity contribution is 0.296. The topological polar surface area (TPSA) is 82.1 Å². The van der Waals surface area contributed by atoms with Crippen LogP contribution in [0, 0.1) is 5.41 Å². The summed E-state index contributed by atoms with van der Waals surface area (Å²) in [6.07, 6.45) is 0.786. The summed E-state index contributed by atoms with van der Waals surface area (Å²) in [6, 6.07) is 0. The van der Waals surface area contributed by atoms with Crippen LogP contribution in [0.4, 0.5) is 0 Å². The zero-order valence-corrected chi connectivity index (χ0v) is 7.45.